The van der Waals surface area contributed by atoms with Gasteiger partial charge in [0.05, 0.1) is 18.9 Å². The van der Waals surface area contributed by atoms with Crippen molar-refractivity contribution < 1.29 is 28.3 Å². The van der Waals surface area contributed by atoms with Crippen LogP contribution in [-0.4, -0.2) is 37.2 Å². The third-order valence-electron chi connectivity index (χ3n) is 8.56. The number of hydrogen-bond acceptors (Lipinski definition) is 7. The lowest BCUT2D eigenvalue weighted by atomic mass is 9.65. The fourth-order valence-corrected chi connectivity index (χ4v) is 6.75. The van der Waals surface area contributed by atoms with Crippen LogP contribution in [0.2, 0.25) is 0 Å². The van der Waals surface area contributed by atoms with Crippen LogP contribution in [0.15, 0.2) is 39.2 Å². The van der Waals surface area contributed by atoms with Crippen LogP contribution in [0.3, 0.4) is 0 Å². The molecule has 1 aromatic carbocycles. The summed E-state index contributed by atoms with van der Waals surface area (Å²) in [5.74, 6) is 1.14. The van der Waals surface area contributed by atoms with Crippen molar-refractivity contribution in [2.45, 2.75) is 86.5 Å². The van der Waals surface area contributed by atoms with Gasteiger partial charge in [-0.15, -0.1) is 0 Å². The van der Waals surface area contributed by atoms with Crippen LogP contribution in [0.4, 0.5) is 0 Å². The van der Waals surface area contributed by atoms with E-state index >= 15 is 0 Å². The third-order valence-corrected chi connectivity index (χ3v) is 8.56. The Kier molecular flexibility index (Phi) is 7.32. The summed E-state index contributed by atoms with van der Waals surface area (Å²) in [6.07, 6.45) is 2.06. The molecule has 2 aliphatic carbocycles. The summed E-state index contributed by atoms with van der Waals surface area (Å²) < 4.78 is 18.1. The highest BCUT2D eigenvalue weighted by Crippen LogP contribution is 2.54. The molecule has 0 fully saturated rings. The number of rotatable bonds is 7. The maximum Gasteiger partial charge on any atom is 0.310 e. The zero-order valence-electron chi connectivity index (χ0n) is 24.8. The van der Waals surface area contributed by atoms with Gasteiger partial charge >= 0.3 is 5.97 Å². The van der Waals surface area contributed by atoms with Crippen LogP contribution in [0.25, 0.3) is 11.0 Å². The molecule has 1 N–H and O–H groups in total. The smallest absolute Gasteiger partial charge is 0.310 e. The molecule has 2 heterocycles. The van der Waals surface area contributed by atoms with Gasteiger partial charge in [-0.2, -0.15) is 0 Å². The molecular formula is C33H41NO6. The predicted octanol–water partition coefficient (Wildman–Crippen LogP) is 6.15. The first-order valence-corrected chi connectivity index (χ1v) is 14.5. The van der Waals surface area contributed by atoms with E-state index in [1.54, 1.807) is 6.92 Å². The molecule has 7 heteroatoms. The minimum absolute atomic E-state index is 0.000201. The predicted molar refractivity (Wildman–Crippen MR) is 153 cm³/mol. The van der Waals surface area contributed by atoms with Crippen LogP contribution in [0.1, 0.15) is 88.7 Å². The van der Waals surface area contributed by atoms with Crippen molar-refractivity contribution in [3.63, 3.8) is 0 Å². The Hall–Kier alpha value is -3.19. The topological polar surface area (TPSA) is 94.8 Å². The quantitative estimate of drug-likeness (QED) is 0.416. The minimum Gasteiger partial charge on any atom is -0.466 e. The first kappa shape index (κ1) is 28.3. The van der Waals surface area contributed by atoms with Gasteiger partial charge in [-0.1, -0.05) is 33.8 Å². The van der Waals surface area contributed by atoms with Crippen LogP contribution in [0.5, 0.6) is 0 Å². The van der Waals surface area contributed by atoms with E-state index < -0.39 is 5.92 Å². The van der Waals surface area contributed by atoms with Crippen LogP contribution in [-0.2, 0) is 30.3 Å². The van der Waals surface area contributed by atoms with Crippen molar-refractivity contribution in [1.29, 1.82) is 0 Å². The second-order valence-electron chi connectivity index (χ2n) is 12.8. The van der Waals surface area contributed by atoms with Crippen LogP contribution in [0, 0.1) is 24.7 Å². The maximum atomic E-state index is 14.1. The Morgan fingerprint density at radius 2 is 1.68 bits per heavy atom. The van der Waals surface area contributed by atoms with E-state index in [0.717, 1.165) is 34.4 Å². The van der Waals surface area contributed by atoms with Crippen molar-refractivity contribution in [2.24, 2.45) is 10.8 Å². The Labute approximate surface area is 236 Å². The number of ketones is 2. The lowest BCUT2D eigenvalue weighted by Crippen LogP contribution is -2.42. The molecule has 0 saturated carbocycles. The molecule has 0 bridgehead atoms. The second-order valence-corrected chi connectivity index (χ2v) is 12.8. The number of hydrogen-bond donors (Lipinski definition) is 1. The molecule has 214 valence electrons. The molecule has 0 radical (unpaired) electrons. The zero-order valence-corrected chi connectivity index (χ0v) is 24.8. The Balaban J connectivity index is 1.75. The molecule has 1 aromatic heterocycles. The summed E-state index contributed by atoms with van der Waals surface area (Å²) >= 11 is 0. The first-order valence-electron chi connectivity index (χ1n) is 14.5. The number of esters is 1. The molecule has 0 amide bonds. The van der Waals surface area contributed by atoms with E-state index in [-0.39, 0.29) is 34.8 Å². The maximum absolute atomic E-state index is 14.1. The third kappa shape index (κ3) is 5.05. The van der Waals surface area contributed by atoms with Gasteiger partial charge in [0.25, 0.3) is 0 Å². The summed E-state index contributed by atoms with van der Waals surface area (Å²) in [5.41, 5.74) is 3.72. The molecule has 0 spiro atoms. The van der Waals surface area contributed by atoms with Gasteiger partial charge in [0.1, 0.15) is 22.9 Å². The molecule has 1 aliphatic heterocycles. The summed E-state index contributed by atoms with van der Waals surface area (Å²) in [5, 5.41) is 4.29. The Morgan fingerprint density at radius 1 is 1.00 bits per heavy atom. The van der Waals surface area contributed by atoms with E-state index in [1.165, 1.54) is 0 Å². The SMILES string of the molecule is CCNCC1(C)CC(=O)C2=C(C1)OC1=C(C(=O)CC(C)(C)C1)C2c1cc(CC(=O)OCC)c(C)c2cc(C)oc12. The normalized spacial score (nSPS) is 24.2. The van der Waals surface area contributed by atoms with Gasteiger partial charge in [-0.3, -0.25) is 14.4 Å². The average molecular weight is 548 g/mol. The number of Topliss-reactive ketones (excluding diaryl/α,β-unsaturated/α-hetero) is 2. The summed E-state index contributed by atoms with van der Waals surface area (Å²) in [6.45, 7) is 15.8. The number of aryl methyl sites for hydroxylation is 2. The van der Waals surface area contributed by atoms with Gasteiger partial charge in [0, 0.05) is 54.3 Å². The number of carbonyl (C=O) groups is 3. The van der Waals surface area contributed by atoms with E-state index in [1.807, 2.05) is 26.0 Å². The molecule has 5 rings (SSSR count). The number of carbonyl (C=O) groups excluding carboxylic acids is 3. The van der Waals surface area contributed by atoms with Gasteiger partial charge in [0.15, 0.2) is 11.6 Å². The lowest BCUT2D eigenvalue weighted by Gasteiger charge is -2.43. The average Bonchev–Trinajstić information content (AvgIpc) is 3.24. The van der Waals surface area contributed by atoms with Gasteiger partial charge in [-0.25, -0.2) is 0 Å². The number of nitrogens with one attached hydrogen (secondary N) is 1. The fourth-order valence-electron chi connectivity index (χ4n) is 6.75. The van der Waals surface area contributed by atoms with Crippen molar-refractivity contribution >= 4 is 28.5 Å². The highest BCUT2D eigenvalue weighted by molar-refractivity contribution is 6.07. The molecule has 0 saturated heterocycles. The summed E-state index contributed by atoms with van der Waals surface area (Å²) in [4.78, 5) is 40.5. The van der Waals surface area contributed by atoms with Crippen molar-refractivity contribution in [3.05, 3.63) is 57.2 Å². The molecule has 40 heavy (non-hydrogen) atoms. The van der Waals surface area contributed by atoms with E-state index in [4.69, 9.17) is 13.9 Å². The minimum atomic E-state index is -0.604. The number of benzene rings is 1. The van der Waals surface area contributed by atoms with Crippen molar-refractivity contribution in [2.75, 3.05) is 19.7 Å². The number of allylic oxidation sites excluding steroid dienone is 4. The molecule has 2 atom stereocenters. The van der Waals surface area contributed by atoms with E-state index in [9.17, 15) is 14.4 Å². The van der Waals surface area contributed by atoms with Crippen molar-refractivity contribution in [1.82, 2.24) is 5.32 Å². The standard InChI is InChI=1S/C33H41NO6/c1-8-34-17-33(7)14-24(36)30-26(16-33)40-25-15-32(5,6)13-23(35)29(25)28(30)22-11-20(12-27(37)38-9-2)19(4)21-10-18(3)39-31(21)22/h10-11,28,34H,8-9,12-17H2,1-7H3. The lowest BCUT2D eigenvalue weighted by molar-refractivity contribution is -0.142. The van der Waals surface area contributed by atoms with Gasteiger partial charge < -0.3 is 19.2 Å². The van der Waals surface area contributed by atoms with Crippen molar-refractivity contribution in [3.8, 4) is 0 Å². The highest BCUT2D eigenvalue weighted by Gasteiger charge is 2.49. The monoisotopic (exact) mass is 547 g/mol. The van der Waals surface area contributed by atoms with E-state index in [0.29, 0.717) is 67.1 Å². The number of fused-ring (bicyclic) bond motifs is 1. The summed E-state index contributed by atoms with van der Waals surface area (Å²) in [7, 11) is 0. The number of furan rings is 1. The van der Waals surface area contributed by atoms with Gasteiger partial charge in [0.2, 0.25) is 0 Å². The Morgan fingerprint density at radius 3 is 2.35 bits per heavy atom. The first-order chi connectivity index (χ1) is 18.9. The summed E-state index contributed by atoms with van der Waals surface area (Å²) in [6, 6.07) is 3.92. The fraction of sp³-hybridized carbons (Fsp3) is 0.545. The molecule has 2 unspecified atom stereocenters. The van der Waals surface area contributed by atoms with Crippen LogP contribution < -0.4 is 5.32 Å². The number of ether oxygens (including phenoxy) is 2. The molecule has 7 nitrogen and oxygen atoms in total. The van der Waals surface area contributed by atoms with Gasteiger partial charge in [-0.05, 0) is 55.3 Å². The van der Waals surface area contributed by atoms with E-state index in [2.05, 4.69) is 33.0 Å². The second kappa shape index (κ2) is 10.3. The Bertz CT molecular complexity index is 1470. The van der Waals surface area contributed by atoms with Crippen LogP contribution >= 0.6 is 0 Å². The molecular weight excluding hydrogens is 506 g/mol. The highest BCUT2D eigenvalue weighted by atomic mass is 16.5. The molecule has 3 aliphatic rings. The zero-order chi connectivity index (χ0) is 29.0. The molecule has 2 aromatic rings. The largest absolute Gasteiger partial charge is 0.466 e.